The van der Waals surface area contributed by atoms with E-state index in [1.54, 1.807) is 13.8 Å². The first-order valence-corrected chi connectivity index (χ1v) is 11.7. The highest BCUT2D eigenvalue weighted by Crippen LogP contribution is 2.62. The molecule has 0 aromatic heterocycles. The molecule has 0 aliphatic heterocycles. The van der Waals surface area contributed by atoms with Crippen molar-refractivity contribution in [2.75, 3.05) is 0 Å². The predicted octanol–water partition coefficient (Wildman–Crippen LogP) is 3.62. The predicted molar refractivity (Wildman–Crippen MR) is 121 cm³/mol. The maximum absolute atomic E-state index is 14.0. The van der Waals surface area contributed by atoms with Crippen molar-refractivity contribution >= 4 is 29.5 Å². The van der Waals surface area contributed by atoms with Gasteiger partial charge in [-0.05, 0) is 24.2 Å². The molecular formula is C26H34O8. The monoisotopic (exact) mass is 474 g/mol. The molecule has 0 radical (unpaired) electrons. The molecule has 186 valence electrons. The van der Waals surface area contributed by atoms with Gasteiger partial charge in [0.1, 0.15) is 6.10 Å². The Morgan fingerprint density at radius 1 is 0.882 bits per heavy atom. The number of carbonyl (C=O) groups excluding carboxylic acids is 5. The van der Waals surface area contributed by atoms with Crippen LogP contribution in [0.25, 0.3) is 0 Å². The number of rotatable bonds is 4. The number of fused-ring (bicyclic) bond motifs is 2. The fourth-order valence-electron chi connectivity index (χ4n) is 6.47. The van der Waals surface area contributed by atoms with Crippen molar-refractivity contribution in [2.24, 2.45) is 22.7 Å². The fourth-order valence-corrected chi connectivity index (χ4v) is 6.47. The standard InChI is InChI=1S/C26H34O8/c1-12(2)16-19(30)17-18(20(31)21(16)32-13(3)27)26(8)11-9-10-25(6,7)24(26)23(34-15(5)29)22(17)33-14(4)28/h12,22-24H,9-11H2,1-8H3/t22-,23-,24-,26+/m0/s1. The van der Waals surface area contributed by atoms with Gasteiger partial charge in [0, 0.05) is 43.3 Å². The second kappa shape index (κ2) is 8.78. The van der Waals surface area contributed by atoms with E-state index in [1.807, 2.05) is 20.8 Å². The summed E-state index contributed by atoms with van der Waals surface area (Å²) in [7, 11) is 0. The minimum absolute atomic E-state index is 0.0301. The van der Waals surface area contributed by atoms with Crippen molar-refractivity contribution in [3.8, 4) is 0 Å². The summed E-state index contributed by atoms with van der Waals surface area (Å²) in [5, 5.41) is 0. The van der Waals surface area contributed by atoms with E-state index in [-0.39, 0.29) is 22.5 Å². The van der Waals surface area contributed by atoms with E-state index in [9.17, 15) is 24.0 Å². The number of ketones is 2. The molecule has 1 fully saturated rings. The summed E-state index contributed by atoms with van der Waals surface area (Å²) in [4.78, 5) is 64.2. The fraction of sp³-hybridized carbons (Fsp3) is 0.654. The molecule has 0 saturated heterocycles. The summed E-state index contributed by atoms with van der Waals surface area (Å²) >= 11 is 0. The Hall–Kier alpha value is -2.77. The van der Waals surface area contributed by atoms with Gasteiger partial charge in [-0.3, -0.25) is 24.0 Å². The Balaban J connectivity index is 2.38. The Morgan fingerprint density at radius 3 is 1.97 bits per heavy atom. The maximum atomic E-state index is 14.0. The van der Waals surface area contributed by atoms with Crippen molar-refractivity contribution in [1.82, 2.24) is 0 Å². The number of allylic oxidation sites excluding steroid dienone is 2. The molecule has 1 saturated carbocycles. The molecule has 34 heavy (non-hydrogen) atoms. The van der Waals surface area contributed by atoms with Gasteiger partial charge >= 0.3 is 17.9 Å². The first-order chi connectivity index (χ1) is 15.6. The molecular weight excluding hydrogens is 440 g/mol. The van der Waals surface area contributed by atoms with Crippen LogP contribution >= 0.6 is 0 Å². The van der Waals surface area contributed by atoms with Crippen molar-refractivity contribution < 1.29 is 38.2 Å². The van der Waals surface area contributed by atoms with E-state index >= 15 is 0 Å². The largest absolute Gasteiger partial charge is 0.458 e. The zero-order valence-electron chi connectivity index (χ0n) is 21.2. The zero-order chi connectivity index (χ0) is 25.7. The van der Waals surface area contributed by atoms with E-state index in [0.717, 1.165) is 12.8 Å². The molecule has 0 bridgehead atoms. The number of hydrogen-bond donors (Lipinski definition) is 0. The first kappa shape index (κ1) is 25.8. The molecule has 0 aromatic carbocycles. The smallest absolute Gasteiger partial charge is 0.308 e. The van der Waals surface area contributed by atoms with Crippen LogP contribution in [0.4, 0.5) is 0 Å². The molecule has 0 amide bonds. The highest BCUT2D eigenvalue weighted by atomic mass is 16.6. The van der Waals surface area contributed by atoms with Crippen molar-refractivity contribution in [2.45, 2.75) is 86.9 Å². The number of carbonyl (C=O) groups is 5. The van der Waals surface area contributed by atoms with Gasteiger partial charge in [0.15, 0.2) is 17.6 Å². The second-order valence-electron chi connectivity index (χ2n) is 10.8. The van der Waals surface area contributed by atoms with E-state index in [1.165, 1.54) is 20.8 Å². The van der Waals surface area contributed by atoms with Crippen LogP contribution in [0.5, 0.6) is 0 Å². The quantitative estimate of drug-likeness (QED) is 0.345. The highest BCUT2D eigenvalue weighted by molar-refractivity contribution is 6.26. The minimum Gasteiger partial charge on any atom is -0.458 e. The number of esters is 3. The molecule has 0 aromatic rings. The number of ether oxygens (including phenoxy) is 3. The maximum Gasteiger partial charge on any atom is 0.308 e. The van der Waals surface area contributed by atoms with E-state index in [0.29, 0.717) is 6.42 Å². The van der Waals surface area contributed by atoms with Gasteiger partial charge in [-0.1, -0.05) is 41.0 Å². The molecule has 8 heteroatoms. The minimum atomic E-state index is -1.24. The summed E-state index contributed by atoms with van der Waals surface area (Å²) in [6, 6.07) is 0. The van der Waals surface area contributed by atoms with Crippen LogP contribution < -0.4 is 0 Å². The van der Waals surface area contributed by atoms with Crippen LogP contribution in [0.15, 0.2) is 22.5 Å². The van der Waals surface area contributed by atoms with E-state index in [2.05, 4.69) is 0 Å². The van der Waals surface area contributed by atoms with Crippen LogP contribution in [-0.2, 0) is 38.2 Å². The Labute approximate surface area is 200 Å². The van der Waals surface area contributed by atoms with E-state index < -0.39 is 64.3 Å². The molecule has 3 rings (SSSR count). The normalized spacial score (nSPS) is 30.6. The lowest BCUT2D eigenvalue weighted by molar-refractivity contribution is -0.186. The lowest BCUT2D eigenvalue weighted by Gasteiger charge is -2.58. The third-order valence-corrected chi connectivity index (χ3v) is 7.38. The van der Waals surface area contributed by atoms with Crippen molar-refractivity contribution in [1.29, 1.82) is 0 Å². The van der Waals surface area contributed by atoms with Crippen molar-refractivity contribution in [3.63, 3.8) is 0 Å². The van der Waals surface area contributed by atoms with Gasteiger partial charge in [-0.15, -0.1) is 0 Å². The van der Waals surface area contributed by atoms with Gasteiger partial charge in [0.2, 0.25) is 5.78 Å². The molecule has 0 spiro atoms. The Kier molecular flexibility index (Phi) is 6.68. The summed E-state index contributed by atoms with van der Waals surface area (Å²) in [5.41, 5.74) is -0.992. The number of hydrogen-bond acceptors (Lipinski definition) is 8. The Bertz CT molecular complexity index is 1030. The van der Waals surface area contributed by atoms with Gasteiger partial charge in [-0.2, -0.15) is 0 Å². The summed E-state index contributed by atoms with van der Waals surface area (Å²) < 4.78 is 16.8. The van der Waals surface area contributed by atoms with E-state index in [4.69, 9.17) is 14.2 Å². The van der Waals surface area contributed by atoms with Crippen LogP contribution in [0.3, 0.4) is 0 Å². The third-order valence-electron chi connectivity index (χ3n) is 7.38. The van der Waals surface area contributed by atoms with Gasteiger partial charge in [0.25, 0.3) is 0 Å². The highest BCUT2D eigenvalue weighted by Gasteiger charge is 2.64. The molecule has 8 nitrogen and oxygen atoms in total. The van der Waals surface area contributed by atoms with Crippen LogP contribution in [0, 0.1) is 22.7 Å². The van der Waals surface area contributed by atoms with Gasteiger partial charge in [0.05, 0.1) is 5.57 Å². The summed E-state index contributed by atoms with van der Waals surface area (Å²) in [6.07, 6.45) is -0.0374. The average Bonchev–Trinajstić information content (AvgIpc) is 2.65. The third kappa shape index (κ3) is 4.12. The van der Waals surface area contributed by atoms with Gasteiger partial charge < -0.3 is 14.2 Å². The number of Topliss-reactive ketones (excluding diaryl/α,β-unsaturated/α-hetero) is 2. The van der Waals surface area contributed by atoms with Crippen LogP contribution in [0.2, 0.25) is 0 Å². The molecule has 0 N–H and O–H groups in total. The first-order valence-electron chi connectivity index (χ1n) is 11.7. The van der Waals surface area contributed by atoms with Crippen molar-refractivity contribution in [3.05, 3.63) is 22.5 Å². The summed E-state index contributed by atoms with van der Waals surface area (Å²) in [6.45, 7) is 13.1. The summed E-state index contributed by atoms with van der Waals surface area (Å²) in [5.74, 6) is -4.12. The lowest BCUT2D eigenvalue weighted by Crippen LogP contribution is -2.61. The van der Waals surface area contributed by atoms with Crippen LogP contribution in [-0.4, -0.2) is 41.7 Å². The zero-order valence-corrected chi connectivity index (χ0v) is 21.2. The molecule has 0 unspecified atom stereocenters. The van der Waals surface area contributed by atoms with Gasteiger partial charge in [-0.25, -0.2) is 0 Å². The van der Waals surface area contributed by atoms with Crippen LogP contribution in [0.1, 0.15) is 74.7 Å². The second-order valence-corrected chi connectivity index (χ2v) is 10.8. The Morgan fingerprint density at radius 2 is 1.47 bits per heavy atom. The molecule has 3 aliphatic rings. The topological polar surface area (TPSA) is 113 Å². The SMILES string of the molecule is CC(=O)OC1=C(C(C)C)C(=O)C2=C(C1=O)[C@@]1(C)CCCC(C)(C)[C@@H]1[C@@H](OC(C)=O)[C@H]2OC(C)=O. The lowest BCUT2D eigenvalue weighted by atomic mass is 9.47. The average molecular weight is 475 g/mol. The molecule has 4 atom stereocenters. The molecule has 0 heterocycles. The molecule has 3 aliphatic carbocycles.